The van der Waals surface area contributed by atoms with Crippen LogP contribution in [0.4, 0.5) is 24.5 Å². The van der Waals surface area contributed by atoms with E-state index in [1.165, 1.54) is 16.7 Å². The van der Waals surface area contributed by atoms with Crippen molar-refractivity contribution in [3.63, 3.8) is 0 Å². The molecule has 1 fully saturated rings. The fourth-order valence-corrected chi connectivity index (χ4v) is 7.17. The molecular formula is C33H32Cl2F3N7O2. The van der Waals surface area contributed by atoms with Crippen molar-refractivity contribution in [3.05, 3.63) is 74.4 Å². The standard InChI is InChI=1S/C33H32Cl2F3N7O2/c1-7-21(46)44-16(5)12-43(13-17(44)6)31-18-10-20(34)29(22-23(35)24(36)25(37)26(38)27(22)40)42-32(18)45(33(47)19(31)11-39)30-15(4)8-9-41-28(30)14(2)3/h7-10,14-17,30H,1,12-13,40H2,2-6H3/t15-,16-,17+,30?/m1/s1. The highest BCUT2D eigenvalue weighted by Crippen LogP contribution is 2.44. The number of piperazine rings is 1. The van der Waals surface area contributed by atoms with Crippen LogP contribution in [-0.2, 0) is 4.79 Å². The molecule has 3 aromatic rings. The lowest BCUT2D eigenvalue weighted by molar-refractivity contribution is -0.130. The molecular weight excluding hydrogens is 654 g/mol. The molecule has 2 aromatic heterocycles. The summed E-state index contributed by atoms with van der Waals surface area (Å²) in [5, 5.41) is 9.76. The van der Waals surface area contributed by atoms with E-state index in [9.17, 15) is 28.0 Å². The van der Waals surface area contributed by atoms with Crippen molar-refractivity contribution in [2.45, 2.75) is 52.7 Å². The molecule has 5 rings (SSSR count). The number of carbonyl (C=O) groups excluding carboxylic acids is 1. The number of benzene rings is 1. The molecule has 1 saturated heterocycles. The van der Waals surface area contributed by atoms with E-state index in [1.54, 1.807) is 11.1 Å². The minimum atomic E-state index is -1.86. The summed E-state index contributed by atoms with van der Waals surface area (Å²) in [6.45, 7) is 13.5. The molecule has 2 aliphatic rings. The van der Waals surface area contributed by atoms with E-state index in [0.29, 0.717) is 5.71 Å². The highest BCUT2D eigenvalue weighted by molar-refractivity contribution is 6.37. The van der Waals surface area contributed by atoms with Crippen LogP contribution in [0.1, 0.15) is 46.2 Å². The van der Waals surface area contributed by atoms with Gasteiger partial charge in [-0.05, 0) is 31.9 Å². The third-order valence-electron chi connectivity index (χ3n) is 8.71. The Hall–Kier alpha value is -4.34. The molecule has 2 N–H and O–H groups in total. The summed E-state index contributed by atoms with van der Waals surface area (Å²) < 4.78 is 45.1. The van der Waals surface area contributed by atoms with Gasteiger partial charge in [-0.1, -0.05) is 56.6 Å². The highest BCUT2D eigenvalue weighted by Gasteiger charge is 2.37. The predicted molar refractivity (Wildman–Crippen MR) is 178 cm³/mol. The number of hydrogen-bond donors (Lipinski definition) is 1. The zero-order valence-electron chi connectivity index (χ0n) is 26.3. The Morgan fingerprint density at radius 2 is 1.79 bits per heavy atom. The number of nitrogen functional groups attached to an aromatic ring is 1. The van der Waals surface area contributed by atoms with E-state index in [2.05, 4.69) is 22.6 Å². The second kappa shape index (κ2) is 12.7. The van der Waals surface area contributed by atoms with E-state index in [1.807, 2.05) is 45.6 Å². The van der Waals surface area contributed by atoms with Crippen molar-refractivity contribution in [2.75, 3.05) is 23.7 Å². The second-order valence-electron chi connectivity index (χ2n) is 12.2. The Balaban J connectivity index is 1.91. The Morgan fingerprint density at radius 3 is 2.36 bits per heavy atom. The number of carbonyl (C=O) groups is 1. The van der Waals surface area contributed by atoms with Gasteiger partial charge < -0.3 is 15.5 Å². The van der Waals surface area contributed by atoms with Crippen LogP contribution in [0.3, 0.4) is 0 Å². The van der Waals surface area contributed by atoms with E-state index in [0.717, 1.165) is 0 Å². The van der Waals surface area contributed by atoms with Gasteiger partial charge in [0.1, 0.15) is 17.3 Å². The topological polar surface area (TPSA) is 121 Å². The van der Waals surface area contributed by atoms with Gasteiger partial charge in [-0.15, -0.1) is 0 Å². The van der Waals surface area contributed by atoms with E-state index < -0.39 is 45.3 Å². The maximum Gasteiger partial charge on any atom is 0.272 e. The Bertz CT molecular complexity index is 1960. The summed E-state index contributed by atoms with van der Waals surface area (Å²) in [7, 11) is 0. The van der Waals surface area contributed by atoms with Crippen molar-refractivity contribution in [3.8, 4) is 17.3 Å². The lowest BCUT2D eigenvalue weighted by Crippen LogP contribution is -2.58. The molecule has 9 nitrogen and oxygen atoms in total. The molecule has 1 amide bonds. The van der Waals surface area contributed by atoms with Crippen LogP contribution in [0.15, 0.2) is 40.8 Å². The lowest BCUT2D eigenvalue weighted by Gasteiger charge is -2.45. The number of allylic oxidation sites excluding steroid dienone is 1. The van der Waals surface area contributed by atoms with E-state index in [4.69, 9.17) is 28.9 Å². The van der Waals surface area contributed by atoms with Gasteiger partial charge in [0.2, 0.25) is 5.91 Å². The summed E-state index contributed by atoms with van der Waals surface area (Å²) in [5.74, 6) is -5.90. The SMILES string of the molecule is C=CC(=O)N1[C@H](C)CN(c2c(C#N)c(=O)n(C3C(C(C)C)=NC=C[C@H]3C)c3nc(-c4c(N)c(F)c(F)c(F)c4Cl)c(Cl)cc23)C[C@@H]1C. The molecule has 0 aliphatic carbocycles. The van der Waals surface area contributed by atoms with Gasteiger partial charge in [0, 0.05) is 54.0 Å². The molecule has 2 aliphatic heterocycles. The number of rotatable bonds is 5. The van der Waals surface area contributed by atoms with Gasteiger partial charge >= 0.3 is 0 Å². The minimum absolute atomic E-state index is 0.00871. The van der Waals surface area contributed by atoms with Gasteiger partial charge in [0.25, 0.3) is 5.56 Å². The van der Waals surface area contributed by atoms with Gasteiger partial charge in [0.05, 0.1) is 33.2 Å². The molecule has 4 heterocycles. The quantitative estimate of drug-likeness (QED) is 0.139. The fraction of sp³-hybridized carbons (Fsp3) is 0.364. The van der Waals surface area contributed by atoms with Crippen LogP contribution < -0.4 is 16.2 Å². The number of hydrogen-bond acceptors (Lipinski definition) is 7. The fourth-order valence-electron chi connectivity index (χ4n) is 6.65. The molecule has 246 valence electrons. The Labute approximate surface area is 279 Å². The first kappa shape index (κ1) is 34.0. The van der Waals surface area contributed by atoms with Crippen molar-refractivity contribution >= 4 is 57.2 Å². The molecule has 14 heteroatoms. The maximum atomic E-state index is 14.8. The van der Waals surface area contributed by atoms with Crippen LogP contribution in [0, 0.1) is 40.6 Å². The molecule has 1 unspecified atom stereocenters. The van der Waals surface area contributed by atoms with Crippen molar-refractivity contribution < 1.29 is 18.0 Å². The smallest absolute Gasteiger partial charge is 0.272 e. The average Bonchev–Trinajstić information content (AvgIpc) is 3.02. The van der Waals surface area contributed by atoms with Gasteiger partial charge in [-0.25, -0.2) is 18.2 Å². The largest absolute Gasteiger partial charge is 0.396 e. The van der Waals surface area contributed by atoms with Crippen molar-refractivity contribution in [2.24, 2.45) is 16.8 Å². The van der Waals surface area contributed by atoms with Crippen molar-refractivity contribution in [1.29, 1.82) is 5.26 Å². The molecule has 1 aromatic carbocycles. The lowest BCUT2D eigenvalue weighted by atomic mass is 9.88. The maximum absolute atomic E-state index is 14.8. The molecule has 0 radical (unpaired) electrons. The van der Waals surface area contributed by atoms with Crippen LogP contribution in [-0.4, -0.2) is 51.2 Å². The van der Waals surface area contributed by atoms with Crippen LogP contribution in [0.2, 0.25) is 10.0 Å². The van der Waals surface area contributed by atoms with Crippen LogP contribution in [0.5, 0.6) is 0 Å². The Kier molecular flexibility index (Phi) is 9.18. The number of fused-ring (bicyclic) bond motifs is 1. The minimum Gasteiger partial charge on any atom is -0.396 e. The van der Waals surface area contributed by atoms with Gasteiger partial charge in [0.15, 0.2) is 17.5 Å². The molecule has 0 spiro atoms. The molecule has 0 saturated carbocycles. The first-order valence-corrected chi connectivity index (χ1v) is 15.7. The normalized spacial score (nSPS) is 21.3. The molecule has 4 atom stereocenters. The summed E-state index contributed by atoms with van der Waals surface area (Å²) in [5.41, 5.74) is 4.30. The first-order chi connectivity index (χ1) is 22.2. The summed E-state index contributed by atoms with van der Waals surface area (Å²) in [4.78, 5) is 39.9. The summed E-state index contributed by atoms with van der Waals surface area (Å²) in [6.07, 6.45) is 4.69. The molecule has 0 bridgehead atoms. The van der Waals surface area contributed by atoms with Gasteiger partial charge in [-0.3, -0.25) is 19.1 Å². The second-order valence-corrected chi connectivity index (χ2v) is 12.9. The number of amides is 1. The Morgan fingerprint density at radius 1 is 1.15 bits per heavy atom. The number of anilines is 2. The summed E-state index contributed by atoms with van der Waals surface area (Å²) in [6, 6.07) is 2.11. The number of halogens is 5. The van der Waals surface area contributed by atoms with Crippen molar-refractivity contribution in [1.82, 2.24) is 14.5 Å². The average molecular weight is 687 g/mol. The number of aliphatic imine (C=N–C) groups is 1. The van der Waals surface area contributed by atoms with E-state index >= 15 is 0 Å². The number of nitriles is 1. The monoisotopic (exact) mass is 685 g/mol. The highest BCUT2D eigenvalue weighted by atomic mass is 35.5. The van der Waals surface area contributed by atoms with Crippen LogP contribution in [0.25, 0.3) is 22.3 Å². The van der Waals surface area contributed by atoms with E-state index in [-0.39, 0.29) is 75.9 Å². The van der Waals surface area contributed by atoms with Gasteiger partial charge in [-0.2, -0.15) is 5.26 Å². The number of nitrogens with zero attached hydrogens (tertiary/aromatic N) is 6. The predicted octanol–water partition coefficient (Wildman–Crippen LogP) is 6.65. The number of aromatic nitrogens is 2. The van der Waals surface area contributed by atoms with Crippen LogP contribution >= 0.6 is 23.2 Å². The zero-order chi connectivity index (χ0) is 34.6. The first-order valence-electron chi connectivity index (χ1n) is 14.9. The zero-order valence-corrected chi connectivity index (χ0v) is 27.8. The number of nitrogens with two attached hydrogens (primary N) is 1. The third kappa shape index (κ3) is 5.45. The number of pyridine rings is 2. The molecule has 47 heavy (non-hydrogen) atoms. The third-order valence-corrected chi connectivity index (χ3v) is 9.35. The summed E-state index contributed by atoms with van der Waals surface area (Å²) >= 11 is 12.9.